The molecule has 1 N–H and O–H groups in total. The van der Waals surface area contributed by atoms with Crippen molar-refractivity contribution in [2.45, 2.75) is 58.2 Å². The van der Waals surface area contributed by atoms with E-state index in [0.717, 1.165) is 0 Å². The van der Waals surface area contributed by atoms with Crippen LogP contribution in [0.4, 0.5) is 4.79 Å². The summed E-state index contributed by atoms with van der Waals surface area (Å²) in [6.45, 7) is 16.6. The number of hydrogen-bond acceptors (Lipinski definition) is 5. The van der Waals surface area contributed by atoms with E-state index in [1.54, 1.807) is 24.4 Å². The van der Waals surface area contributed by atoms with E-state index in [1.807, 2.05) is 6.92 Å². The Morgan fingerprint density at radius 2 is 2.00 bits per heavy atom. The molecule has 0 bridgehead atoms. The van der Waals surface area contributed by atoms with Crippen LogP contribution in [-0.2, 0) is 18.7 Å². The van der Waals surface area contributed by atoms with Crippen molar-refractivity contribution < 1.29 is 23.5 Å². The van der Waals surface area contributed by atoms with Crippen molar-refractivity contribution in [1.82, 2.24) is 10.2 Å². The highest BCUT2D eigenvalue weighted by molar-refractivity contribution is 6.74. The number of nitrogens with one attached hydrogen (secondary N) is 1. The maximum atomic E-state index is 12.5. The third-order valence-corrected chi connectivity index (χ3v) is 9.42. The normalized spacial score (nSPS) is 18.7. The summed E-state index contributed by atoms with van der Waals surface area (Å²) in [4.78, 5) is 25.4. The van der Waals surface area contributed by atoms with Crippen molar-refractivity contribution in [2.24, 2.45) is 0 Å². The molecule has 8 heteroatoms. The fraction of sp³-hybridized carbons (Fsp3) is 0.600. The summed E-state index contributed by atoms with van der Waals surface area (Å²) >= 11 is 0. The average molecular weight is 411 g/mol. The zero-order chi connectivity index (χ0) is 21.4. The summed E-state index contributed by atoms with van der Waals surface area (Å²) in [5.74, 6) is 0. The lowest BCUT2D eigenvalue weighted by atomic mass is 10.2. The summed E-state index contributed by atoms with van der Waals surface area (Å²) < 4.78 is 17.5. The van der Waals surface area contributed by atoms with Crippen LogP contribution >= 0.6 is 0 Å². The fourth-order valence-electron chi connectivity index (χ4n) is 2.11. The minimum absolute atomic E-state index is 0.00674. The Labute approximate surface area is 169 Å². The maximum Gasteiger partial charge on any atom is 0.328 e. The Balaban J connectivity index is 2.98. The standard InChI is InChI=1S/C20H34N2O5Si/c1-8-12-25-14-17(13-23)27-18(15-26-28(6,7)20(3,4)5)22-11-10-16(9-2)21-19(22)24/h8-11,13,17-18H,1,12,14-15H2,2-7H3,(H,21,24)/b16-9-. The van der Waals surface area contributed by atoms with Gasteiger partial charge in [0.1, 0.15) is 6.10 Å². The van der Waals surface area contributed by atoms with E-state index >= 15 is 0 Å². The van der Waals surface area contributed by atoms with Crippen molar-refractivity contribution in [2.75, 3.05) is 19.8 Å². The highest BCUT2D eigenvalue weighted by atomic mass is 28.4. The second-order valence-electron chi connectivity index (χ2n) is 8.06. The number of ether oxygens (including phenoxy) is 2. The van der Waals surface area contributed by atoms with Crippen molar-refractivity contribution in [3.63, 3.8) is 0 Å². The van der Waals surface area contributed by atoms with Crippen LogP contribution < -0.4 is 5.32 Å². The third-order valence-electron chi connectivity index (χ3n) is 4.92. The summed E-state index contributed by atoms with van der Waals surface area (Å²) in [6.07, 6.45) is 5.90. The van der Waals surface area contributed by atoms with Crippen LogP contribution in [-0.4, -0.2) is 57.7 Å². The third kappa shape index (κ3) is 7.01. The number of rotatable bonds is 11. The molecule has 1 rings (SSSR count). The Hall–Kier alpha value is -1.74. The van der Waals surface area contributed by atoms with E-state index in [9.17, 15) is 9.59 Å². The highest BCUT2D eigenvalue weighted by Crippen LogP contribution is 2.36. The number of nitrogens with zero attached hydrogens (tertiary/aromatic N) is 1. The molecule has 0 aromatic carbocycles. The van der Waals surface area contributed by atoms with Crippen LogP contribution in [0.1, 0.15) is 27.7 Å². The van der Waals surface area contributed by atoms with Crippen LogP contribution in [0.2, 0.25) is 18.1 Å². The molecular weight excluding hydrogens is 376 g/mol. The summed E-state index contributed by atoms with van der Waals surface area (Å²) in [5.41, 5.74) is 0.701. The average Bonchev–Trinajstić information content (AvgIpc) is 2.63. The minimum Gasteiger partial charge on any atom is -0.412 e. The topological polar surface area (TPSA) is 77.1 Å². The van der Waals surface area contributed by atoms with Gasteiger partial charge in [-0.15, -0.1) is 6.58 Å². The first-order chi connectivity index (χ1) is 13.1. The van der Waals surface area contributed by atoms with Crippen molar-refractivity contribution in [3.8, 4) is 0 Å². The van der Waals surface area contributed by atoms with Gasteiger partial charge in [0.25, 0.3) is 0 Å². The van der Waals surface area contributed by atoms with Gasteiger partial charge in [0, 0.05) is 11.9 Å². The number of amides is 2. The molecule has 0 fully saturated rings. The van der Waals surface area contributed by atoms with Crippen LogP contribution in [0.15, 0.2) is 36.7 Å². The Morgan fingerprint density at radius 1 is 1.32 bits per heavy atom. The largest absolute Gasteiger partial charge is 0.412 e. The predicted octanol–water partition coefficient (Wildman–Crippen LogP) is 3.56. The molecule has 2 amide bonds. The molecule has 0 aliphatic carbocycles. The molecule has 2 atom stereocenters. The molecule has 0 aromatic rings. The minimum atomic E-state index is -2.07. The SMILES string of the molecule is C=CCOCC(C=O)OC(CO[Si](C)(C)C(C)(C)C)N1C=C/C(=C/C)NC1=O. The van der Waals surface area contributed by atoms with Crippen molar-refractivity contribution in [3.05, 3.63) is 36.7 Å². The van der Waals surface area contributed by atoms with Gasteiger partial charge in [0.2, 0.25) is 0 Å². The summed E-state index contributed by atoms with van der Waals surface area (Å²) in [6, 6.07) is -0.337. The van der Waals surface area contributed by atoms with Crippen molar-refractivity contribution >= 4 is 20.6 Å². The van der Waals surface area contributed by atoms with Crippen molar-refractivity contribution in [1.29, 1.82) is 0 Å². The van der Waals surface area contributed by atoms with Gasteiger partial charge in [-0.05, 0) is 31.1 Å². The van der Waals surface area contributed by atoms with Crippen LogP contribution in [0.3, 0.4) is 0 Å². The predicted molar refractivity (Wildman–Crippen MR) is 112 cm³/mol. The van der Waals surface area contributed by atoms with E-state index in [1.165, 1.54) is 4.90 Å². The van der Waals surface area contributed by atoms with Gasteiger partial charge in [-0.1, -0.05) is 32.9 Å². The van der Waals surface area contributed by atoms with Crippen LogP contribution in [0.5, 0.6) is 0 Å². The molecule has 0 saturated heterocycles. The second-order valence-corrected chi connectivity index (χ2v) is 12.9. The lowest BCUT2D eigenvalue weighted by Crippen LogP contribution is -2.52. The lowest BCUT2D eigenvalue weighted by molar-refractivity contribution is -0.138. The molecular formula is C20H34N2O5Si. The van der Waals surface area contributed by atoms with Gasteiger partial charge in [0.15, 0.2) is 20.8 Å². The first-order valence-corrected chi connectivity index (χ1v) is 12.3. The molecule has 2 unspecified atom stereocenters. The Morgan fingerprint density at radius 3 is 2.50 bits per heavy atom. The molecule has 7 nitrogen and oxygen atoms in total. The molecule has 0 aromatic heterocycles. The smallest absolute Gasteiger partial charge is 0.328 e. The van der Waals surface area contributed by atoms with Gasteiger partial charge in [0.05, 0.1) is 19.8 Å². The van der Waals surface area contributed by atoms with E-state index < -0.39 is 20.6 Å². The summed E-state index contributed by atoms with van der Waals surface area (Å²) in [5, 5.41) is 2.78. The monoisotopic (exact) mass is 410 g/mol. The summed E-state index contributed by atoms with van der Waals surface area (Å²) in [7, 11) is -2.07. The van der Waals surface area contributed by atoms with Crippen LogP contribution in [0, 0.1) is 0 Å². The van der Waals surface area contributed by atoms with Gasteiger partial charge < -0.3 is 24.0 Å². The van der Waals surface area contributed by atoms with E-state index in [-0.39, 0.29) is 24.3 Å². The van der Waals surface area contributed by atoms with Gasteiger partial charge in [-0.3, -0.25) is 4.90 Å². The number of allylic oxidation sites excluding steroid dienone is 2. The second kappa shape index (κ2) is 10.7. The zero-order valence-electron chi connectivity index (χ0n) is 17.9. The first-order valence-electron chi connectivity index (χ1n) is 9.43. The number of carbonyl (C=O) groups is 2. The Kier molecular flexibility index (Phi) is 9.29. The maximum absolute atomic E-state index is 12.5. The first kappa shape index (κ1) is 24.3. The molecule has 0 saturated carbocycles. The van der Waals surface area contributed by atoms with E-state index in [4.69, 9.17) is 13.9 Å². The zero-order valence-corrected chi connectivity index (χ0v) is 18.9. The number of hydrogen-bond donors (Lipinski definition) is 1. The molecule has 0 radical (unpaired) electrons. The van der Waals surface area contributed by atoms with Gasteiger partial charge in [-0.2, -0.15) is 0 Å². The van der Waals surface area contributed by atoms with Gasteiger partial charge >= 0.3 is 6.03 Å². The Bertz CT molecular complexity index is 610. The molecule has 1 aliphatic heterocycles. The molecule has 1 aliphatic rings. The van der Waals surface area contributed by atoms with E-state index in [0.29, 0.717) is 18.6 Å². The highest BCUT2D eigenvalue weighted by Gasteiger charge is 2.39. The molecule has 158 valence electrons. The molecule has 1 heterocycles. The lowest BCUT2D eigenvalue weighted by Gasteiger charge is -2.39. The number of carbonyl (C=O) groups excluding carboxylic acids is 2. The fourth-order valence-corrected chi connectivity index (χ4v) is 3.11. The quantitative estimate of drug-likeness (QED) is 0.244. The van der Waals surface area contributed by atoms with Crippen LogP contribution in [0.25, 0.3) is 0 Å². The van der Waals surface area contributed by atoms with E-state index in [2.05, 4.69) is 45.8 Å². The number of aldehydes is 1. The number of urea groups is 1. The molecule has 28 heavy (non-hydrogen) atoms. The van der Waals surface area contributed by atoms with Gasteiger partial charge in [-0.25, -0.2) is 4.79 Å². The molecule has 0 spiro atoms.